The molecule has 2 rings (SSSR count). The smallest absolute Gasteiger partial charge is 0.305 e. The number of rotatable bonds is 5. The Morgan fingerprint density at radius 3 is 2.70 bits per heavy atom. The fraction of sp³-hybridized carbons (Fsp3) is 0.500. The van der Waals surface area contributed by atoms with Crippen LogP contribution in [0.25, 0.3) is 10.2 Å². The second-order valence-electron chi connectivity index (χ2n) is 5.09. The molecule has 0 aliphatic heterocycles. The second kappa shape index (κ2) is 5.75. The van der Waals surface area contributed by atoms with Crippen molar-refractivity contribution in [3.63, 3.8) is 0 Å². The van der Waals surface area contributed by atoms with Crippen LogP contribution in [0.2, 0.25) is 0 Å². The monoisotopic (exact) mass is 293 g/mol. The number of aromatic nitrogens is 2. The van der Waals surface area contributed by atoms with Crippen molar-refractivity contribution in [3.05, 3.63) is 16.8 Å². The molecule has 20 heavy (non-hydrogen) atoms. The Hall–Kier alpha value is -1.69. The number of hydrogen-bond donors (Lipinski definition) is 1. The van der Waals surface area contributed by atoms with Crippen LogP contribution in [0.15, 0.2) is 6.33 Å². The van der Waals surface area contributed by atoms with Gasteiger partial charge in [0.15, 0.2) is 0 Å². The van der Waals surface area contributed by atoms with Gasteiger partial charge >= 0.3 is 5.97 Å². The Morgan fingerprint density at radius 1 is 1.40 bits per heavy atom. The lowest BCUT2D eigenvalue weighted by molar-refractivity contribution is -0.136. The highest BCUT2D eigenvalue weighted by Gasteiger charge is 2.19. The van der Waals surface area contributed by atoms with Crippen LogP contribution in [0.4, 0.5) is 5.82 Å². The van der Waals surface area contributed by atoms with Crippen molar-refractivity contribution in [1.29, 1.82) is 0 Å². The number of carboxylic acid groups (broad SMARTS) is 1. The minimum absolute atomic E-state index is 0.103. The Kier molecular flexibility index (Phi) is 4.23. The third kappa shape index (κ3) is 2.75. The van der Waals surface area contributed by atoms with Gasteiger partial charge in [0.2, 0.25) is 0 Å². The predicted octanol–water partition coefficient (Wildman–Crippen LogP) is 3.00. The van der Waals surface area contributed by atoms with Gasteiger partial charge in [0, 0.05) is 17.5 Å². The molecule has 2 aromatic rings. The number of aliphatic carboxylic acids is 1. The number of carboxylic acids is 1. The SMILES string of the molecule is Cc1sc2ncnc(N(CCC(=O)O)C(C)C)c2c1C. The number of fused-ring (bicyclic) bond motifs is 1. The molecule has 0 aromatic carbocycles. The maximum absolute atomic E-state index is 10.8. The molecule has 108 valence electrons. The van der Waals surface area contributed by atoms with Gasteiger partial charge in [-0.3, -0.25) is 4.79 Å². The summed E-state index contributed by atoms with van der Waals surface area (Å²) in [4.78, 5) is 23.8. The van der Waals surface area contributed by atoms with Gasteiger partial charge in [-0.05, 0) is 33.3 Å². The van der Waals surface area contributed by atoms with E-state index in [1.165, 1.54) is 10.4 Å². The van der Waals surface area contributed by atoms with Crippen molar-refractivity contribution in [2.75, 3.05) is 11.4 Å². The first kappa shape index (κ1) is 14.7. The van der Waals surface area contributed by atoms with E-state index in [2.05, 4.69) is 23.8 Å². The first-order chi connectivity index (χ1) is 9.41. The molecule has 0 spiro atoms. The molecular formula is C14H19N3O2S. The Balaban J connectivity index is 2.50. The number of aryl methyl sites for hydroxylation is 2. The molecule has 0 aliphatic carbocycles. The molecule has 0 saturated carbocycles. The van der Waals surface area contributed by atoms with E-state index in [1.807, 2.05) is 18.7 Å². The standard InChI is InChI=1S/C14H19N3O2S/c1-8(2)17(6-5-11(18)19)13-12-9(3)10(4)20-14(12)16-7-15-13/h7-8H,5-6H2,1-4H3,(H,18,19). The van der Waals surface area contributed by atoms with Crippen LogP contribution in [-0.2, 0) is 4.79 Å². The maximum atomic E-state index is 10.8. The molecule has 0 atom stereocenters. The summed E-state index contributed by atoms with van der Waals surface area (Å²) in [5.74, 6) is 0.0484. The lowest BCUT2D eigenvalue weighted by Crippen LogP contribution is -2.33. The number of carbonyl (C=O) groups is 1. The van der Waals surface area contributed by atoms with Crippen LogP contribution in [0.3, 0.4) is 0 Å². The Bertz CT molecular complexity index is 637. The van der Waals surface area contributed by atoms with Crippen LogP contribution in [0, 0.1) is 13.8 Å². The van der Waals surface area contributed by atoms with Crippen LogP contribution < -0.4 is 4.90 Å². The molecule has 0 saturated heterocycles. The molecule has 2 aromatic heterocycles. The fourth-order valence-electron chi connectivity index (χ4n) is 2.21. The summed E-state index contributed by atoms with van der Waals surface area (Å²) in [7, 11) is 0. The molecule has 0 fully saturated rings. The highest BCUT2D eigenvalue weighted by molar-refractivity contribution is 7.18. The quantitative estimate of drug-likeness (QED) is 0.918. The molecule has 1 N–H and O–H groups in total. The fourth-order valence-corrected chi connectivity index (χ4v) is 3.20. The average molecular weight is 293 g/mol. The van der Waals surface area contributed by atoms with E-state index in [4.69, 9.17) is 5.11 Å². The molecule has 0 bridgehead atoms. The minimum atomic E-state index is -0.792. The normalized spacial score (nSPS) is 11.2. The van der Waals surface area contributed by atoms with Gasteiger partial charge in [-0.25, -0.2) is 9.97 Å². The number of nitrogens with zero attached hydrogens (tertiary/aromatic N) is 3. The minimum Gasteiger partial charge on any atom is -0.481 e. The van der Waals surface area contributed by atoms with E-state index in [0.29, 0.717) is 6.54 Å². The summed E-state index contributed by atoms with van der Waals surface area (Å²) < 4.78 is 0. The molecule has 0 radical (unpaired) electrons. The zero-order chi connectivity index (χ0) is 14.9. The summed E-state index contributed by atoms with van der Waals surface area (Å²) in [5.41, 5.74) is 1.18. The van der Waals surface area contributed by atoms with Crippen molar-refractivity contribution in [3.8, 4) is 0 Å². The van der Waals surface area contributed by atoms with Crippen molar-refractivity contribution >= 4 is 33.3 Å². The summed E-state index contributed by atoms with van der Waals surface area (Å²) >= 11 is 1.65. The summed E-state index contributed by atoms with van der Waals surface area (Å²) in [6.07, 6.45) is 1.66. The summed E-state index contributed by atoms with van der Waals surface area (Å²) in [6.45, 7) is 8.68. The van der Waals surface area contributed by atoms with Gasteiger partial charge in [0.25, 0.3) is 0 Å². The maximum Gasteiger partial charge on any atom is 0.305 e. The van der Waals surface area contributed by atoms with Crippen molar-refractivity contribution in [2.45, 2.75) is 40.2 Å². The van der Waals surface area contributed by atoms with E-state index in [0.717, 1.165) is 16.0 Å². The zero-order valence-electron chi connectivity index (χ0n) is 12.2. The van der Waals surface area contributed by atoms with Gasteiger partial charge in [-0.2, -0.15) is 0 Å². The summed E-state index contributed by atoms with van der Waals surface area (Å²) in [5, 5.41) is 9.96. The second-order valence-corrected chi connectivity index (χ2v) is 6.29. The van der Waals surface area contributed by atoms with Gasteiger partial charge in [-0.15, -0.1) is 11.3 Å². The molecule has 0 unspecified atom stereocenters. The van der Waals surface area contributed by atoms with Gasteiger partial charge < -0.3 is 10.0 Å². The topological polar surface area (TPSA) is 66.3 Å². The third-order valence-corrected chi connectivity index (χ3v) is 4.52. The van der Waals surface area contributed by atoms with Crippen LogP contribution >= 0.6 is 11.3 Å². The van der Waals surface area contributed by atoms with E-state index < -0.39 is 5.97 Å². The molecule has 0 amide bonds. The molecule has 0 aliphatic rings. The van der Waals surface area contributed by atoms with Crippen LogP contribution in [0.1, 0.15) is 30.7 Å². The average Bonchev–Trinajstić information content (AvgIpc) is 2.65. The lowest BCUT2D eigenvalue weighted by Gasteiger charge is -2.28. The van der Waals surface area contributed by atoms with Crippen molar-refractivity contribution < 1.29 is 9.90 Å². The molecule has 6 heteroatoms. The van der Waals surface area contributed by atoms with Gasteiger partial charge in [-0.1, -0.05) is 0 Å². The Morgan fingerprint density at radius 2 is 2.10 bits per heavy atom. The predicted molar refractivity (Wildman–Crippen MR) is 81.6 cm³/mol. The van der Waals surface area contributed by atoms with E-state index >= 15 is 0 Å². The van der Waals surface area contributed by atoms with Crippen molar-refractivity contribution in [2.24, 2.45) is 0 Å². The summed E-state index contributed by atoms with van der Waals surface area (Å²) in [6, 6.07) is 0.187. The van der Waals surface area contributed by atoms with Crippen LogP contribution in [0.5, 0.6) is 0 Å². The van der Waals surface area contributed by atoms with E-state index in [-0.39, 0.29) is 12.5 Å². The van der Waals surface area contributed by atoms with Crippen molar-refractivity contribution in [1.82, 2.24) is 9.97 Å². The number of anilines is 1. The molecule has 5 nitrogen and oxygen atoms in total. The molecular weight excluding hydrogens is 274 g/mol. The van der Waals surface area contributed by atoms with Crippen LogP contribution in [-0.4, -0.2) is 33.6 Å². The largest absolute Gasteiger partial charge is 0.481 e. The van der Waals surface area contributed by atoms with E-state index in [1.54, 1.807) is 17.7 Å². The first-order valence-corrected chi connectivity index (χ1v) is 7.42. The third-order valence-electron chi connectivity index (χ3n) is 3.41. The Labute approximate surface area is 122 Å². The van der Waals surface area contributed by atoms with E-state index in [9.17, 15) is 4.79 Å². The number of hydrogen-bond acceptors (Lipinski definition) is 5. The first-order valence-electron chi connectivity index (χ1n) is 6.61. The van der Waals surface area contributed by atoms with Gasteiger partial charge in [0.1, 0.15) is 17.0 Å². The zero-order valence-corrected chi connectivity index (χ0v) is 13.0. The van der Waals surface area contributed by atoms with Gasteiger partial charge in [0.05, 0.1) is 11.8 Å². The number of thiophene rings is 1. The highest BCUT2D eigenvalue weighted by atomic mass is 32.1. The lowest BCUT2D eigenvalue weighted by atomic mass is 10.2. The molecule has 2 heterocycles. The highest BCUT2D eigenvalue weighted by Crippen LogP contribution is 2.34.